The maximum Gasteiger partial charge on any atom is 0.0991 e. The van der Waals surface area contributed by atoms with Crippen molar-refractivity contribution in [2.24, 2.45) is 7.05 Å². The summed E-state index contributed by atoms with van der Waals surface area (Å²) in [5, 5.41) is 13.9. The number of hydrogen-bond acceptors (Lipinski definition) is 2. The number of hydrogen-bond donors (Lipinski definition) is 1. The average Bonchev–Trinajstić information content (AvgIpc) is 2.72. The summed E-state index contributed by atoms with van der Waals surface area (Å²) in [5.41, 5.74) is 4.89. The van der Waals surface area contributed by atoms with Gasteiger partial charge in [0.25, 0.3) is 0 Å². The van der Waals surface area contributed by atoms with Crippen molar-refractivity contribution in [1.29, 1.82) is 5.26 Å². The Bertz CT molecular complexity index is 661. The van der Waals surface area contributed by atoms with Crippen LogP contribution in [-0.4, -0.2) is 17.2 Å². The van der Waals surface area contributed by atoms with E-state index in [0.717, 1.165) is 24.9 Å². The van der Waals surface area contributed by atoms with Gasteiger partial charge in [0.1, 0.15) is 0 Å². The first-order valence-electron chi connectivity index (χ1n) is 6.98. The minimum atomic E-state index is 0.578. The van der Waals surface area contributed by atoms with Crippen LogP contribution in [0.1, 0.15) is 30.2 Å². The molecule has 1 unspecified atom stereocenters. The number of nitrogens with zero attached hydrogens (tertiary/aromatic N) is 2. The standard InChI is InChI=1S/C16H19N3/c1-3-18-12-5-7-16-14(9-12)13-8-11(10-17)4-6-15(13)19(16)2/h4,6,8,12,18H,3,5,7,9H2,1-2H3. The van der Waals surface area contributed by atoms with Crippen LogP contribution < -0.4 is 5.32 Å². The topological polar surface area (TPSA) is 40.8 Å². The van der Waals surface area contributed by atoms with E-state index < -0.39 is 0 Å². The summed E-state index contributed by atoms with van der Waals surface area (Å²) >= 11 is 0. The molecule has 1 aromatic carbocycles. The molecule has 3 rings (SSSR count). The number of benzene rings is 1. The number of nitrogens with one attached hydrogen (secondary N) is 1. The van der Waals surface area contributed by atoms with Crippen LogP contribution in [0.3, 0.4) is 0 Å². The van der Waals surface area contributed by atoms with Gasteiger partial charge in [0, 0.05) is 29.7 Å². The molecule has 1 aliphatic carbocycles. The Balaban J connectivity index is 2.13. The van der Waals surface area contributed by atoms with Gasteiger partial charge in [-0.1, -0.05) is 6.92 Å². The summed E-state index contributed by atoms with van der Waals surface area (Å²) in [6.07, 6.45) is 3.41. The Morgan fingerprint density at radius 2 is 2.32 bits per heavy atom. The molecule has 19 heavy (non-hydrogen) atoms. The first kappa shape index (κ1) is 12.3. The second-order valence-electron chi connectivity index (χ2n) is 5.33. The largest absolute Gasteiger partial charge is 0.347 e. The Morgan fingerprint density at radius 1 is 1.47 bits per heavy atom. The molecule has 1 N–H and O–H groups in total. The van der Waals surface area contributed by atoms with Crippen molar-refractivity contribution in [2.75, 3.05) is 6.54 Å². The molecule has 0 saturated carbocycles. The quantitative estimate of drug-likeness (QED) is 0.893. The van der Waals surface area contributed by atoms with Gasteiger partial charge in [-0.15, -0.1) is 0 Å². The second-order valence-corrected chi connectivity index (χ2v) is 5.33. The molecule has 0 radical (unpaired) electrons. The molecule has 98 valence electrons. The van der Waals surface area contributed by atoms with Gasteiger partial charge in [0.15, 0.2) is 0 Å². The van der Waals surface area contributed by atoms with Crippen molar-refractivity contribution >= 4 is 10.9 Å². The highest BCUT2D eigenvalue weighted by Gasteiger charge is 2.23. The number of aryl methyl sites for hydroxylation is 1. The number of rotatable bonds is 2. The van der Waals surface area contributed by atoms with Crippen LogP contribution >= 0.6 is 0 Å². The van der Waals surface area contributed by atoms with Gasteiger partial charge < -0.3 is 9.88 Å². The second kappa shape index (κ2) is 4.71. The average molecular weight is 253 g/mol. The van der Waals surface area contributed by atoms with Crippen molar-refractivity contribution in [1.82, 2.24) is 9.88 Å². The van der Waals surface area contributed by atoms with Gasteiger partial charge >= 0.3 is 0 Å². The molecule has 1 aromatic heterocycles. The van der Waals surface area contributed by atoms with Crippen molar-refractivity contribution in [3.63, 3.8) is 0 Å². The Hall–Kier alpha value is -1.79. The molecule has 0 bridgehead atoms. The number of aromatic nitrogens is 1. The lowest BCUT2D eigenvalue weighted by atomic mass is 9.91. The van der Waals surface area contributed by atoms with E-state index in [1.807, 2.05) is 12.1 Å². The zero-order valence-electron chi connectivity index (χ0n) is 11.5. The fourth-order valence-electron chi connectivity index (χ4n) is 3.31. The van der Waals surface area contributed by atoms with Crippen molar-refractivity contribution in [3.8, 4) is 6.07 Å². The number of nitriles is 1. The predicted molar refractivity (Wildman–Crippen MR) is 77.1 cm³/mol. The molecule has 0 fully saturated rings. The zero-order chi connectivity index (χ0) is 13.4. The normalized spacial score (nSPS) is 18.3. The fourth-order valence-corrected chi connectivity index (χ4v) is 3.31. The summed E-state index contributed by atoms with van der Waals surface area (Å²) < 4.78 is 2.30. The molecule has 1 heterocycles. The lowest BCUT2D eigenvalue weighted by Gasteiger charge is -2.24. The van der Waals surface area contributed by atoms with Gasteiger partial charge in [0.05, 0.1) is 11.6 Å². The summed E-state index contributed by atoms with van der Waals surface area (Å²) in [5.74, 6) is 0. The minimum absolute atomic E-state index is 0.578. The highest BCUT2D eigenvalue weighted by Crippen LogP contribution is 2.32. The smallest absolute Gasteiger partial charge is 0.0991 e. The van der Waals surface area contributed by atoms with Gasteiger partial charge in [-0.3, -0.25) is 0 Å². The third-order valence-corrected chi connectivity index (χ3v) is 4.24. The van der Waals surface area contributed by atoms with Crippen LogP contribution in [0.25, 0.3) is 10.9 Å². The Kier molecular flexibility index (Phi) is 3.04. The summed E-state index contributed by atoms with van der Waals surface area (Å²) in [6, 6.07) is 8.86. The van der Waals surface area contributed by atoms with Gasteiger partial charge in [-0.2, -0.15) is 5.26 Å². The maximum absolute atomic E-state index is 9.08. The van der Waals surface area contributed by atoms with Gasteiger partial charge in [-0.05, 0) is 49.6 Å². The predicted octanol–water partition coefficient (Wildman–Crippen LogP) is 2.52. The van der Waals surface area contributed by atoms with E-state index in [0.29, 0.717) is 6.04 Å². The molecule has 0 spiro atoms. The van der Waals surface area contributed by atoms with E-state index in [9.17, 15) is 0 Å². The van der Waals surface area contributed by atoms with Gasteiger partial charge in [-0.25, -0.2) is 0 Å². The number of likely N-dealkylation sites (N-methyl/N-ethyl adjacent to an activating group) is 1. The van der Waals surface area contributed by atoms with Crippen molar-refractivity contribution in [3.05, 3.63) is 35.0 Å². The molecule has 2 aromatic rings. The van der Waals surface area contributed by atoms with Crippen molar-refractivity contribution < 1.29 is 0 Å². The Labute approximate surface area is 113 Å². The van der Waals surface area contributed by atoms with E-state index in [4.69, 9.17) is 5.26 Å². The third kappa shape index (κ3) is 1.93. The minimum Gasteiger partial charge on any atom is -0.347 e. The first-order valence-corrected chi connectivity index (χ1v) is 6.98. The molecule has 0 aliphatic heterocycles. The highest BCUT2D eigenvalue weighted by molar-refractivity contribution is 5.87. The van der Waals surface area contributed by atoms with E-state index in [1.54, 1.807) is 0 Å². The SMILES string of the molecule is CCNC1CCc2c(c3cc(C#N)ccc3n2C)C1. The van der Waals surface area contributed by atoms with Crippen molar-refractivity contribution in [2.45, 2.75) is 32.2 Å². The molecular formula is C16H19N3. The lowest BCUT2D eigenvalue weighted by Crippen LogP contribution is -2.34. The van der Waals surface area contributed by atoms with Gasteiger partial charge in [0.2, 0.25) is 0 Å². The third-order valence-electron chi connectivity index (χ3n) is 4.24. The Morgan fingerprint density at radius 3 is 3.05 bits per heavy atom. The lowest BCUT2D eigenvalue weighted by molar-refractivity contribution is 0.464. The molecule has 0 saturated heterocycles. The molecule has 3 heteroatoms. The van der Waals surface area contributed by atoms with E-state index in [1.165, 1.54) is 28.6 Å². The van der Waals surface area contributed by atoms with E-state index in [-0.39, 0.29) is 0 Å². The molecule has 0 amide bonds. The van der Waals surface area contributed by atoms with E-state index in [2.05, 4.69) is 36.0 Å². The monoisotopic (exact) mass is 253 g/mol. The van der Waals surface area contributed by atoms with Crippen LogP contribution in [0.2, 0.25) is 0 Å². The summed E-state index contributed by atoms with van der Waals surface area (Å²) in [6.45, 7) is 3.18. The number of fused-ring (bicyclic) bond motifs is 3. The van der Waals surface area contributed by atoms with Crippen LogP contribution in [0.5, 0.6) is 0 Å². The van der Waals surface area contributed by atoms with Crippen LogP contribution in [0, 0.1) is 11.3 Å². The zero-order valence-corrected chi connectivity index (χ0v) is 11.5. The summed E-state index contributed by atoms with van der Waals surface area (Å²) in [7, 11) is 2.14. The highest BCUT2D eigenvalue weighted by atomic mass is 15.0. The first-order chi connectivity index (χ1) is 9.24. The fraction of sp³-hybridized carbons (Fsp3) is 0.438. The van der Waals surface area contributed by atoms with Crippen LogP contribution in [-0.2, 0) is 19.9 Å². The molecule has 3 nitrogen and oxygen atoms in total. The van der Waals surface area contributed by atoms with E-state index >= 15 is 0 Å². The molecule has 1 atom stereocenters. The van der Waals surface area contributed by atoms with Crippen LogP contribution in [0.15, 0.2) is 18.2 Å². The maximum atomic E-state index is 9.08. The molecule has 1 aliphatic rings. The summed E-state index contributed by atoms with van der Waals surface area (Å²) in [4.78, 5) is 0. The molecular weight excluding hydrogens is 234 g/mol. The van der Waals surface area contributed by atoms with Crippen LogP contribution in [0.4, 0.5) is 0 Å².